The molecule has 2 aliphatic heterocycles. The van der Waals surface area contributed by atoms with E-state index in [0.29, 0.717) is 37.8 Å². The molecule has 2 aliphatic rings. The second-order valence-electron chi connectivity index (χ2n) is 6.68. The molecule has 8 heteroatoms. The topological polar surface area (TPSA) is 79.7 Å². The number of hydrogen-bond donors (Lipinski definition) is 1. The van der Waals surface area contributed by atoms with Crippen molar-refractivity contribution in [1.82, 2.24) is 24.7 Å². The van der Waals surface area contributed by atoms with Gasteiger partial charge in [-0.3, -0.25) is 9.59 Å². The first-order chi connectivity index (χ1) is 12.1. The van der Waals surface area contributed by atoms with Gasteiger partial charge < -0.3 is 24.4 Å². The van der Waals surface area contributed by atoms with Crippen LogP contribution >= 0.6 is 0 Å². The Labute approximate surface area is 148 Å². The molecular weight excluding hydrogens is 322 g/mol. The monoisotopic (exact) mass is 349 g/mol. The molecule has 25 heavy (non-hydrogen) atoms. The maximum absolute atomic E-state index is 12.9. The van der Waals surface area contributed by atoms with Crippen LogP contribution in [0.25, 0.3) is 0 Å². The molecule has 1 aromatic heterocycles. The van der Waals surface area contributed by atoms with Gasteiger partial charge in [0.05, 0.1) is 12.3 Å². The summed E-state index contributed by atoms with van der Waals surface area (Å²) in [5.74, 6) is 0.128. The Bertz CT molecular complexity index is 634. The predicted molar refractivity (Wildman–Crippen MR) is 92.8 cm³/mol. The van der Waals surface area contributed by atoms with Gasteiger partial charge in [0, 0.05) is 46.4 Å². The van der Waals surface area contributed by atoms with Crippen molar-refractivity contribution in [2.24, 2.45) is 0 Å². The summed E-state index contributed by atoms with van der Waals surface area (Å²) < 4.78 is 6.92. The van der Waals surface area contributed by atoms with Crippen LogP contribution in [0, 0.1) is 0 Å². The minimum Gasteiger partial charge on any atom is -0.383 e. The minimum absolute atomic E-state index is 0.0628. The molecule has 1 fully saturated rings. The molecule has 0 radical (unpaired) electrons. The van der Waals surface area contributed by atoms with Crippen LogP contribution in [0.2, 0.25) is 0 Å². The maximum atomic E-state index is 12.9. The van der Waals surface area contributed by atoms with Gasteiger partial charge in [-0.05, 0) is 26.3 Å². The summed E-state index contributed by atoms with van der Waals surface area (Å²) in [6.07, 6.45) is 2.82. The number of fused-ring (bicyclic) bond motifs is 1. The average molecular weight is 349 g/mol. The lowest BCUT2D eigenvalue weighted by Gasteiger charge is -2.32. The molecule has 3 heterocycles. The van der Waals surface area contributed by atoms with Crippen LogP contribution in [-0.2, 0) is 17.7 Å². The van der Waals surface area contributed by atoms with Crippen molar-refractivity contribution in [3.63, 3.8) is 0 Å². The number of piperazine rings is 1. The molecule has 0 spiro atoms. The molecule has 0 aliphatic carbocycles. The maximum Gasteiger partial charge on any atom is 0.289 e. The third-order valence-electron chi connectivity index (χ3n) is 4.91. The van der Waals surface area contributed by atoms with Crippen molar-refractivity contribution in [3.05, 3.63) is 17.2 Å². The molecule has 138 valence electrons. The summed E-state index contributed by atoms with van der Waals surface area (Å²) >= 11 is 0. The van der Waals surface area contributed by atoms with Crippen LogP contribution in [0.3, 0.4) is 0 Å². The zero-order valence-electron chi connectivity index (χ0n) is 15.1. The quantitative estimate of drug-likeness (QED) is 0.756. The summed E-state index contributed by atoms with van der Waals surface area (Å²) in [4.78, 5) is 33.9. The highest BCUT2D eigenvalue weighted by Crippen LogP contribution is 2.22. The highest BCUT2D eigenvalue weighted by molar-refractivity contribution is 5.97. The fourth-order valence-electron chi connectivity index (χ4n) is 3.39. The molecule has 1 N–H and O–H groups in total. The molecule has 0 unspecified atom stereocenters. The van der Waals surface area contributed by atoms with E-state index in [-0.39, 0.29) is 11.8 Å². The van der Waals surface area contributed by atoms with Gasteiger partial charge in [-0.25, -0.2) is 4.98 Å². The predicted octanol–water partition coefficient (Wildman–Crippen LogP) is -0.0168. The second kappa shape index (κ2) is 7.97. The Kier molecular flexibility index (Phi) is 5.70. The number of imidazole rings is 1. The zero-order chi connectivity index (χ0) is 17.8. The summed E-state index contributed by atoms with van der Waals surface area (Å²) in [6, 6.07) is 0. The lowest BCUT2D eigenvalue weighted by molar-refractivity contribution is 0.0645. The third-order valence-corrected chi connectivity index (χ3v) is 4.91. The molecule has 1 saturated heterocycles. The van der Waals surface area contributed by atoms with Crippen molar-refractivity contribution in [2.45, 2.75) is 25.8 Å². The summed E-state index contributed by atoms with van der Waals surface area (Å²) in [5, 5.41) is 2.82. The third kappa shape index (κ3) is 3.85. The van der Waals surface area contributed by atoms with Crippen molar-refractivity contribution < 1.29 is 14.3 Å². The highest BCUT2D eigenvalue weighted by Gasteiger charge is 2.30. The fraction of sp³-hybridized carbons (Fsp3) is 0.706. The largest absolute Gasteiger partial charge is 0.383 e. The molecule has 2 amide bonds. The Hall–Kier alpha value is -1.93. The van der Waals surface area contributed by atoms with Gasteiger partial charge in [0.2, 0.25) is 0 Å². The molecule has 0 atom stereocenters. The van der Waals surface area contributed by atoms with E-state index in [0.717, 1.165) is 44.6 Å². The molecule has 3 rings (SSSR count). The Morgan fingerprint density at radius 2 is 1.92 bits per heavy atom. The first-order valence-electron chi connectivity index (χ1n) is 8.96. The van der Waals surface area contributed by atoms with Crippen LogP contribution in [-0.4, -0.2) is 84.7 Å². The summed E-state index contributed by atoms with van der Waals surface area (Å²) in [6.45, 7) is 4.77. The summed E-state index contributed by atoms with van der Waals surface area (Å²) in [5.41, 5.74) is 1.28. The van der Waals surface area contributed by atoms with E-state index >= 15 is 0 Å². The van der Waals surface area contributed by atoms with E-state index < -0.39 is 0 Å². The lowest BCUT2D eigenvalue weighted by atomic mass is 10.1. The van der Waals surface area contributed by atoms with E-state index in [9.17, 15) is 9.59 Å². The standard InChI is InChI=1S/C17H27N5O3/c1-20-8-10-21(11-9-20)17(24)15-19-14(16(23)18-6-12-25-2)13-5-3-4-7-22(13)15/h3-12H2,1-2H3,(H,18,23). The van der Waals surface area contributed by atoms with Gasteiger partial charge in [0.15, 0.2) is 5.82 Å². The van der Waals surface area contributed by atoms with Crippen molar-refractivity contribution in [2.75, 3.05) is 53.5 Å². The minimum atomic E-state index is -0.222. The van der Waals surface area contributed by atoms with E-state index in [4.69, 9.17) is 4.74 Å². The zero-order valence-corrected chi connectivity index (χ0v) is 15.1. The number of nitrogens with zero attached hydrogens (tertiary/aromatic N) is 4. The smallest absolute Gasteiger partial charge is 0.289 e. The van der Waals surface area contributed by atoms with Gasteiger partial charge >= 0.3 is 0 Å². The van der Waals surface area contributed by atoms with Crippen LogP contribution in [0.15, 0.2) is 0 Å². The Morgan fingerprint density at radius 1 is 1.16 bits per heavy atom. The molecule has 1 aromatic rings. The van der Waals surface area contributed by atoms with Gasteiger partial charge in [-0.2, -0.15) is 0 Å². The molecule has 0 aromatic carbocycles. The highest BCUT2D eigenvalue weighted by atomic mass is 16.5. The number of carbonyl (C=O) groups is 2. The molecule has 8 nitrogen and oxygen atoms in total. The SMILES string of the molecule is COCCNC(=O)c1nc(C(=O)N2CCN(C)CC2)n2c1CCCC2. The van der Waals surface area contributed by atoms with Crippen LogP contribution in [0.5, 0.6) is 0 Å². The van der Waals surface area contributed by atoms with Crippen molar-refractivity contribution >= 4 is 11.8 Å². The fourth-order valence-corrected chi connectivity index (χ4v) is 3.39. The first-order valence-corrected chi connectivity index (χ1v) is 8.96. The summed E-state index contributed by atoms with van der Waals surface area (Å²) in [7, 11) is 3.65. The number of aromatic nitrogens is 2. The van der Waals surface area contributed by atoms with Gasteiger partial charge in [0.1, 0.15) is 5.69 Å². The van der Waals surface area contributed by atoms with Crippen molar-refractivity contribution in [1.29, 1.82) is 0 Å². The number of ether oxygens (including phenoxy) is 1. The number of amides is 2. The van der Waals surface area contributed by atoms with Crippen molar-refractivity contribution in [3.8, 4) is 0 Å². The number of likely N-dealkylation sites (N-methyl/N-ethyl adjacent to an activating group) is 1. The van der Waals surface area contributed by atoms with Gasteiger partial charge in [-0.15, -0.1) is 0 Å². The number of hydrogen-bond acceptors (Lipinski definition) is 5. The number of methoxy groups -OCH3 is 1. The number of nitrogens with one attached hydrogen (secondary N) is 1. The first kappa shape index (κ1) is 17.9. The van der Waals surface area contributed by atoms with E-state index in [1.54, 1.807) is 7.11 Å². The number of carbonyl (C=O) groups excluding carboxylic acids is 2. The van der Waals surface area contributed by atoms with Crippen LogP contribution < -0.4 is 5.32 Å². The van der Waals surface area contributed by atoms with E-state index in [1.807, 2.05) is 9.47 Å². The van der Waals surface area contributed by atoms with Crippen LogP contribution in [0.4, 0.5) is 0 Å². The van der Waals surface area contributed by atoms with E-state index in [1.165, 1.54) is 0 Å². The second-order valence-corrected chi connectivity index (χ2v) is 6.68. The molecule has 0 bridgehead atoms. The van der Waals surface area contributed by atoms with Gasteiger partial charge in [0.25, 0.3) is 11.8 Å². The lowest BCUT2D eigenvalue weighted by Crippen LogP contribution is -2.47. The average Bonchev–Trinajstić information content (AvgIpc) is 3.02. The van der Waals surface area contributed by atoms with Crippen LogP contribution in [0.1, 0.15) is 39.6 Å². The number of rotatable bonds is 5. The Morgan fingerprint density at radius 3 is 2.64 bits per heavy atom. The van der Waals surface area contributed by atoms with Gasteiger partial charge in [-0.1, -0.05) is 0 Å². The molecular formula is C17H27N5O3. The van der Waals surface area contributed by atoms with E-state index in [2.05, 4.69) is 22.2 Å². The normalized spacial score (nSPS) is 18.1. The molecule has 0 saturated carbocycles. The Balaban J connectivity index is 1.82.